The van der Waals surface area contributed by atoms with Gasteiger partial charge in [0.05, 0.1) is 33.7 Å². The number of para-hydroxylation sites is 3. The third-order valence-electron chi connectivity index (χ3n) is 18.4. The van der Waals surface area contributed by atoms with Gasteiger partial charge in [0, 0.05) is 61.6 Å². The number of anilines is 6. The van der Waals surface area contributed by atoms with Gasteiger partial charge in [0.2, 0.25) is 0 Å². The quantitative estimate of drug-likeness (QED) is 0.149. The van der Waals surface area contributed by atoms with Gasteiger partial charge in [-0.25, -0.2) is 9.97 Å². The minimum atomic E-state index is -4.63. The number of benzene rings is 10. The first-order chi connectivity index (χ1) is 42.8. The second-order valence-corrected chi connectivity index (χ2v) is 28.7. The predicted molar refractivity (Wildman–Crippen MR) is 372 cm³/mol. The first kappa shape index (κ1) is 58.2. The van der Waals surface area contributed by atoms with Gasteiger partial charge in [0.15, 0.2) is 5.82 Å². The van der Waals surface area contributed by atoms with Crippen molar-refractivity contribution in [2.24, 2.45) is 0 Å². The van der Waals surface area contributed by atoms with Crippen molar-refractivity contribution in [3.63, 3.8) is 0 Å². The van der Waals surface area contributed by atoms with Gasteiger partial charge in [-0.2, -0.15) is 13.2 Å². The lowest BCUT2D eigenvalue weighted by atomic mass is 9.33. The Balaban J connectivity index is 1.05. The van der Waals surface area contributed by atoms with E-state index in [0.717, 1.165) is 78.2 Å². The largest absolute Gasteiger partial charge is 0.416 e. The maximum Gasteiger partial charge on any atom is 0.416 e. The number of hydrogen-bond acceptors (Lipinski definition) is 4. The van der Waals surface area contributed by atoms with Crippen molar-refractivity contribution in [2.45, 2.75) is 111 Å². The van der Waals surface area contributed by atoms with Crippen molar-refractivity contribution in [1.82, 2.24) is 14.5 Å². The summed E-state index contributed by atoms with van der Waals surface area (Å²) in [5.41, 5.74) is 21.3. The highest BCUT2D eigenvalue weighted by Gasteiger charge is 2.44. The van der Waals surface area contributed by atoms with E-state index in [1.54, 1.807) is 6.07 Å². The Hall–Kier alpha value is -9.47. The summed E-state index contributed by atoms with van der Waals surface area (Å²) < 4.78 is 47.5. The van der Waals surface area contributed by atoms with Crippen molar-refractivity contribution in [3.8, 4) is 50.7 Å². The van der Waals surface area contributed by atoms with Crippen LogP contribution in [-0.4, -0.2) is 21.2 Å². The molecule has 2 aliphatic rings. The Bertz CT molecular complexity index is 4550. The molecule has 0 amide bonds. The molecule has 2 aliphatic heterocycles. The lowest BCUT2D eigenvalue weighted by Gasteiger charge is -2.45. The second-order valence-electron chi connectivity index (χ2n) is 28.7. The Labute approximate surface area is 527 Å². The van der Waals surface area contributed by atoms with E-state index in [9.17, 15) is 0 Å². The first-order valence-electron chi connectivity index (χ1n) is 31.3. The normalized spacial score (nSPS) is 13.4. The summed E-state index contributed by atoms with van der Waals surface area (Å²) >= 11 is 0. The molecule has 90 heavy (non-hydrogen) atoms. The van der Waals surface area contributed by atoms with E-state index in [4.69, 9.17) is 9.97 Å². The van der Waals surface area contributed by atoms with E-state index in [1.807, 2.05) is 78.9 Å². The van der Waals surface area contributed by atoms with Gasteiger partial charge in [-0.3, -0.25) is 0 Å². The van der Waals surface area contributed by atoms with E-state index in [-0.39, 0.29) is 28.4 Å². The minimum absolute atomic E-state index is 0.0921. The third-order valence-corrected chi connectivity index (χ3v) is 18.4. The predicted octanol–water partition coefficient (Wildman–Crippen LogP) is 20.5. The Morgan fingerprint density at radius 1 is 0.333 bits per heavy atom. The molecule has 14 rings (SSSR count). The summed E-state index contributed by atoms with van der Waals surface area (Å²) in [5, 5.41) is 1.92. The fraction of sp³-hybridized carbons (Fsp3) is 0.210. The fourth-order valence-corrected chi connectivity index (χ4v) is 13.4. The topological polar surface area (TPSA) is 37.2 Å². The molecule has 0 unspecified atom stereocenters. The highest BCUT2D eigenvalue weighted by molar-refractivity contribution is 7.00. The van der Waals surface area contributed by atoms with E-state index in [2.05, 4.69) is 225 Å². The Kier molecular flexibility index (Phi) is 13.6. The molecule has 9 heteroatoms. The highest BCUT2D eigenvalue weighted by Crippen LogP contribution is 2.50. The molecule has 0 saturated heterocycles. The van der Waals surface area contributed by atoms with Crippen molar-refractivity contribution in [2.75, 3.05) is 9.80 Å². The van der Waals surface area contributed by atoms with Crippen molar-refractivity contribution >= 4 is 79.0 Å². The Morgan fingerprint density at radius 2 is 0.800 bits per heavy atom. The van der Waals surface area contributed by atoms with Gasteiger partial charge in [0.1, 0.15) is 0 Å². The molecule has 0 fully saturated rings. The van der Waals surface area contributed by atoms with Crippen LogP contribution in [0.2, 0.25) is 0 Å². The van der Waals surface area contributed by atoms with Crippen LogP contribution in [0.1, 0.15) is 111 Å². The zero-order valence-electron chi connectivity index (χ0n) is 53.3. The first-order valence-corrected chi connectivity index (χ1v) is 31.3. The average Bonchev–Trinajstić information content (AvgIpc) is 0.748. The number of hydrogen-bond donors (Lipinski definition) is 0. The monoisotopic (exact) mass is 1180 g/mol. The molecule has 0 radical (unpaired) electrons. The van der Waals surface area contributed by atoms with Crippen LogP contribution in [-0.2, 0) is 27.8 Å². The molecule has 0 saturated carbocycles. The summed E-state index contributed by atoms with van der Waals surface area (Å²) in [6, 6.07) is 77.3. The van der Waals surface area contributed by atoms with Crippen LogP contribution in [0, 0.1) is 0 Å². The van der Waals surface area contributed by atoms with Crippen molar-refractivity contribution in [3.05, 3.63) is 252 Å². The lowest BCUT2D eigenvalue weighted by Crippen LogP contribution is -2.61. The number of halogens is 3. The average molecular weight is 1180 g/mol. The van der Waals surface area contributed by atoms with Crippen LogP contribution in [0.15, 0.2) is 224 Å². The molecule has 0 bridgehead atoms. The van der Waals surface area contributed by atoms with Crippen LogP contribution in [0.4, 0.5) is 47.3 Å². The second kappa shape index (κ2) is 21.1. The zero-order valence-corrected chi connectivity index (χ0v) is 53.3. The van der Waals surface area contributed by atoms with Crippen LogP contribution in [0.25, 0.3) is 72.5 Å². The van der Waals surface area contributed by atoms with Crippen LogP contribution in [0.5, 0.6) is 0 Å². The van der Waals surface area contributed by atoms with Crippen molar-refractivity contribution < 1.29 is 13.2 Å². The van der Waals surface area contributed by atoms with E-state index >= 15 is 13.2 Å². The minimum Gasteiger partial charge on any atom is -0.311 e. The summed E-state index contributed by atoms with van der Waals surface area (Å²) in [7, 11) is 0. The summed E-state index contributed by atoms with van der Waals surface area (Å²) in [5.74, 6) is 0.412. The van der Waals surface area contributed by atoms with Crippen LogP contribution >= 0.6 is 0 Å². The lowest BCUT2D eigenvalue weighted by molar-refractivity contribution is -0.137. The van der Waals surface area contributed by atoms with Crippen LogP contribution < -0.4 is 26.2 Å². The number of alkyl halides is 3. The smallest absolute Gasteiger partial charge is 0.311 e. The van der Waals surface area contributed by atoms with Gasteiger partial charge in [-0.1, -0.05) is 217 Å². The molecule has 0 N–H and O–H groups in total. The molecule has 5 nitrogen and oxygen atoms in total. The summed E-state index contributed by atoms with van der Waals surface area (Å²) in [6.07, 6.45) is -4.63. The number of aromatic nitrogens is 3. The molecular weight excluding hydrogens is 1110 g/mol. The highest BCUT2D eigenvalue weighted by atomic mass is 19.4. The Morgan fingerprint density at radius 3 is 1.32 bits per heavy atom. The molecule has 446 valence electrons. The molecule has 0 aliphatic carbocycles. The van der Waals surface area contributed by atoms with E-state index in [0.29, 0.717) is 28.5 Å². The van der Waals surface area contributed by atoms with Gasteiger partial charge < -0.3 is 14.4 Å². The number of nitrogens with zero attached hydrogens (tertiary/aromatic N) is 5. The van der Waals surface area contributed by atoms with Crippen LogP contribution in [0.3, 0.4) is 0 Å². The third kappa shape index (κ3) is 10.2. The van der Waals surface area contributed by atoms with Crippen molar-refractivity contribution in [1.29, 1.82) is 0 Å². The SMILES string of the molecule is CC(C)(C)c1cc(N2c3ccccc3B3c4ccccc4N(c4cc(C(C)(C)C)cc(C(C)(C)C)c4)c4cc(-c5ccc6c(c5)c5ccccc5n6-c5ccc(C(F)(F)F)cc5-c5cc(-c6ccccc6)nc(-c6ccccc6)n5)cc2c43)cc(C(C)(C)C)c1. The van der Waals surface area contributed by atoms with E-state index < -0.39 is 11.7 Å². The molecule has 2 aromatic heterocycles. The molecule has 0 spiro atoms. The number of rotatable bonds is 7. The van der Waals surface area contributed by atoms with E-state index in [1.165, 1.54) is 50.8 Å². The summed E-state index contributed by atoms with van der Waals surface area (Å²) in [4.78, 5) is 15.2. The number of fused-ring (bicyclic) bond motifs is 7. The molecule has 4 heterocycles. The van der Waals surface area contributed by atoms with Gasteiger partial charge in [-0.05, 0) is 162 Å². The van der Waals surface area contributed by atoms with Gasteiger partial charge in [-0.15, -0.1) is 0 Å². The van der Waals surface area contributed by atoms with Gasteiger partial charge in [0.25, 0.3) is 6.71 Å². The molecule has 10 aromatic carbocycles. The zero-order chi connectivity index (χ0) is 63.0. The fourth-order valence-electron chi connectivity index (χ4n) is 13.4. The molecular formula is C81H73BF3N5. The standard InChI is InChI=1S/C81H73BF3N5/c1-77(2,3)55-42-56(78(4,5)6)45-59(44-55)88-71-33-23-20-30-64(71)82-65-31-21-24-34-72(65)89(60-46-57(79(7,8)9)43-58(47-60)80(10,11)12)74-41-53(40-73(88)75(74)82)52-35-37-69-62(39-52)61-29-19-22-32-68(61)90(69)70-38-36-54(81(83,84)85)48-63(70)67-49-66(50-25-15-13-16-26-50)86-76(87-67)51-27-17-14-18-28-51/h13-49H,1-12H3. The maximum absolute atomic E-state index is 15.1. The molecule has 12 aromatic rings. The van der Waals surface area contributed by atoms with Gasteiger partial charge >= 0.3 is 6.18 Å². The summed E-state index contributed by atoms with van der Waals surface area (Å²) in [6.45, 7) is 27.6. The maximum atomic E-state index is 15.1. The molecule has 0 atom stereocenters.